The van der Waals surface area contributed by atoms with E-state index in [1.54, 1.807) is 0 Å². The molecule has 1 aliphatic carbocycles. The number of rotatable bonds is 7. The first-order valence-electron chi connectivity index (χ1n) is 8.84. The maximum atomic E-state index is 12.8. The molecule has 4 heteroatoms. The van der Waals surface area contributed by atoms with E-state index in [1.807, 2.05) is 37.1 Å². The highest BCUT2D eigenvalue weighted by atomic mass is 16.5. The van der Waals surface area contributed by atoms with Gasteiger partial charge < -0.3 is 14.4 Å². The first kappa shape index (κ1) is 17.6. The molecule has 1 amide bonds. The molecule has 0 heterocycles. The molecule has 1 saturated carbocycles. The minimum absolute atomic E-state index is 0.0693. The molecule has 0 unspecified atom stereocenters. The molecule has 0 bridgehead atoms. The van der Waals surface area contributed by atoms with Gasteiger partial charge in [0.25, 0.3) is 5.91 Å². The van der Waals surface area contributed by atoms with Crippen LogP contribution in [-0.2, 0) is 0 Å². The summed E-state index contributed by atoms with van der Waals surface area (Å²) >= 11 is 0. The van der Waals surface area contributed by atoms with Crippen LogP contribution in [-0.4, -0.2) is 37.1 Å². The number of carbonyl (C=O) groups is 1. The van der Waals surface area contributed by atoms with Crippen LogP contribution >= 0.6 is 0 Å². The molecule has 2 rings (SSSR count). The van der Waals surface area contributed by atoms with Crippen molar-refractivity contribution in [2.45, 2.75) is 58.4 Å². The molecule has 0 spiro atoms. The van der Waals surface area contributed by atoms with Gasteiger partial charge in [-0.15, -0.1) is 0 Å². The lowest BCUT2D eigenvalue weighted by molar-refractivity contribution is 0.0695. The largest absolute Gasteiger partial charge is 0.490 e. The van der Waals surface area contributed by atoms with E-state index in [2.05, 4.69) is 6.92 Å². The standard InChI is InChI=1S/C19H29NO3/c1-4-13-23-17-12-11-15(14-18(17)22-5-2)19(21)20(3)16-9-7-6-8-10-16/h11-12,14,16H,4-10,13H2,1-3H3. The Labute approximate surface area is 139 Å². The Kier molecular flexibility index (Phi) is 6.75. The van der Waals surface area contributed by atoms with Crippen molar-refractivity contribution in [2.75, 3.05) is 20.3 Å². The fourth-order valence-electron chi connectivity index (χ4n) is 3.08. The van der Waals surface area contributed by atoms with Crippen LogP contribution in [0.5, 0.6) is 11.5 Å². The quantitative estimate of drug-likeness (QED) is 0.753. The lowest BCUT2D eigenvalue weighted by atomic mass is 9.94. The monoisotopic (exact) mass is 319 g/mol. The molecular weight excluding hydrogens is 290 g/mol. The third kappa shape index (κ3) is 4.63. The molecule has 128 valence electrons. The molecule has 4 nitrogen and oxygen atoms in total. The fourth-order valence-corrected chi connectivity index (χ4v) is 3.08. The zero-order valence-corrected chi connectivity index (χ0v) is 14.6. The summed E-state index contributed by atoms with van der Waals surface area (Å²) < 4.78 is 11.4. The number of ether oxygens (including phenoxy) is 2. The minimum Gasteiger partial charge on any atom is -0.490 e. The zero-order valence-electron chi connectivity index (χ0n) is 14.6. The SMILES string of the molecule is CCCOc1ccc(C(=O)N(C)C2CCCCC2)cc1OCC. The highest BCUT2D eigenvalue weighted by Crippen LogP contribution is 2.30. The first-order valence-corrected chi connectivity index (χ1v) is 8.84. The van der Waals surface area contributed by atoms with Gasteiger partial charge in [-0.05, 0) is 44.4 Å². The average Bonchev–Trinajstić information content (AvgIpc) is 2.60. The van der Waals surface area contributed by atoms with Crippen molar-refractivity contribution in [1.29, 1.82) is 0 Å². The van der Waals surface area contributed by atoms with Gasteiger partial charge in [-0.1, -0.05) is 26.2 Å². The predicted molar refractivity (Wildman–Crippen MR) is 92.4 cm³/mol. The summed E-state index contributed by atoms with van der Waals surface area (Å²) in [4.78, 5) is 14.7. The van der Waals surface area contributed by atoms with Gasteiger partial charge in [0.15, 0.2) is 11.5 Å². The van der Waals surface area contributed by atoms with Crippen molar-refractivity contribution >= 4 is 5.91 Å². The van der Waals surface area contributed by atoms with Gasteiger partial charge in [-0.3, -0.25) is 4.79 Å². The van der Waals surface area contributed by atoms with E-state index in [-0.39, 0.29) is 5.91 Å². The van der Waals surface area contributed by atoms with Crippen LogP contribution in [0.15, 0.2) is 18.2 Å². The van der Waals surface area contributed by atoms with Crippen LogP contribution in [0.25, 0.3) is 0 Å². The number of carbonyl (C=O) groups excluding carboxylic acids is 1. The van der Waals surface area contributed by atoms with E-state index in [0.29, 0.717) is 36.3 Å². The van der Waals surface area contributed by atoms with E-state index in [9.17, 15) is 4.79 Å². The summed E-state index contributed by atoms with van der Waals surface area (Å²) in [5, 5.41) is 0. The molecule has 1 aromatic rings. The van der Waals surface area contributed by atoms with E-state index in [1.165, 1.54) is 19.3 Å². The fraction of sp³-hybridized carbons (Fsp3) is 0.632. The van der Waals surface area contributed by atoms with E-state index < -0.39 is 0 Å². The van der Waals surface area contributed by atoms with E-state index in [0.717, 1.165) is 19.3 Å². The van der Waals surface area contributed by atoms with E-state index in [4.69, 9.17) is 9.47 Å². The molecule has 0 radical (unpaired) electrons. The number of benzene rings is 1. The lowest BCUT2D eigenvalue weighted by Crippen LogP contribution is -2.38. The summed E-state index contributed by atoms with van der Waals surface area (Å²) in [6.45, 7) is 5.21. The third-order valence-electron chi connectivity index (χ3n) is 4.39. The van der Waals surface area contributed by atoms with Crippen LogP contribution in [0.1, 0.15) is 62.7 Å². The molecule has 0 aromatic heterocycles. The van der Waals surface area contributed by atoms with Crippen LogP contribution in [0.4, 0.5) is 0 Å². The van der Waals surface area contributed by atoms with Gasteiger partial charge in [-0.25, -0.2) is 0 Å². The normalized spacial score (nSPS) is 15.3. The Morgan fingerprint density at radius 2 is 1.87 bits per heavy atom. The Morgan fingerprint density at radius 1 is 1.13 bits per heavy atom. The third-order valence-corrected chi connectivity index (χ3v) is 4.39. The summed E-state index contributed by atoms with van der Waals surface area (Å²) in [5.74, 6) is 1.44. The lowest BCUT2D eigenvalue weighted by Gasteiger charge is -2.31. The molecular formula is C19H29NO3. The smallest absolute Gasteiger partial charge is 0.253 e. The minimum atomic E-state index is 0.0693. The van der Waals surface area contributed by atoms with Gasteiger partial charge in [0.05, 0.1) is 13.2 Å². The summed E-state index contributed by atoms with van der Waals surface area (Å²) in [6, 6.07) is 5.87. The van der Waals surface area contributed by atoms with Crippen LogP contribution < -0.4 is 9.47 Å². The first-order chi connectivity index (χ1) is 11.2. The average molecular weight is 319 g/mol. The van der Waals surface area contributed by atoms with Gasteiger partial charge in [0, 0.05) is 18.7 Å². The maximum Gasteiger partial charge on any atom is 0.253 e. The molecule has 1 aliphatic rings. The van der Waals surface area contributed by atoms with Crippen molar-refractivity contribution < 1.29 is 14.3 Å². The van der Waals surface area contributed by atoms with Crippen molar-refractivity contribution in [1.82, 2.24) is 4.90 Å². The summed E-state index contributed by atoms with van der Waals surface area (Å²) in [6.07, 6.45) is 6.89. The van der Waals surface area contributed by atoms with Crippen LogP contribution in [0.2, 0.25) is 0 Å². The Morgan fingerprint density at radius 3 is 2.52 bits per heavy atom. The van der Waals surface area contributed by atoms with Gasteiger partial charge in [0.2, 0.25) is 0 Å². The van der Waals surface area contributed by atoms with Crippen molar-refractivity contribution in [3.8, 4) is 11.5 Å². The topological polar surface area (TPSA) is 38.8 Å². The second-order valence-electron chi connectivity index (χ2n) is 6.15. The summed E-state index contributed by atoms with van der Waals surface area (Å²) in [5.41, 5.74) is 0.672. The number of hydrogen-bond acceptors (Lipinski definition) is 3. The molecule has 0 N–H and O–H groups in total. The molecule has 23 heavy (non-hydrogen) atoms. The van der Waals surface area contributed by atoms with Gasteiger partial charge >= 0.3 is 0 Å². The highest BCUT2D eigenvalue weighted by molar-refractivity contribution is 5.95. The summed E-state index contributed by atoms with van der Waals surface area (Å²) in [7, 11) is 1.92. The zero-order chi connectivity index (χ0) is 16.7. The second kappa shape index (κ2) is 8.80. The number of amides is 1. The molecule has 0 saturated heterocycles. The molecule has 1 aromatic carbocycles. The molecule has 1 fully saturated rings. The Hall–Kier alpha value is -1.71. The van der Waals surface area contributed by atoms with Crippen molar-refractivity contribution in [2.24, 2.45) is 0 Å². The van der Waals surface area contributed by atoms with Crippen LogP contribution in [0.3, 0.4) is 0 Å². The predicted octanol–water partition coefficient (Wildman–Crippen LogP) is 4.28. The molecule has 0 atom stereocenters. The van der Waals surface area contributed by atoms with E-state index >= 15 is 0 Å². The highest BCUT2D eigenvalue weighted by Gasteiger charge is 2.23. The maximum absolute atomic E-state index is 12.8. The Bertz CT molecular complexity index is 509. The molecule has 0 aliphatic heterocycles. The van der Waals surface area contributed by atoms with Crippen molar-refractivity contribution in [3.05, 3.63) is 23.8 Å². The van der Waals surface area contributed by atoms with Gasteiger partial charge in [-0.2, -0.15) is 0 Å². The number of hydrogen-bond donors (Lipinski definition) is 0. The Balaban J connectivity index is 2.13. The number of nitrogens with zero attached hydrogens (tertiary/aromatic N) is 1. The second-order valence-corrected chi connectivity index (χ2v) is 6.15. The van der Waals surface area contributed by atoms with Crippen molar-refractivity contribution in [3.63, 3.8) is 0 Å². The van der Waals surface area contributed by atoms with Gasteiger partial charge in [0.1, 0.15) is 0 Å². The van der Waals surface area contributed by atoms with Crippen LogP contribution in [0, 0.1) is 0 Å².